The van der Waals surface area contributed by atoms with Crippen molar-refractivity contribution in [1.82, 2.24) is 4.90 Å². The fraction of sp³-hybridized carbons (Fsp3) is 1.00. The van der Waals surface area contributed by atoms with E-state index in [0.29, 0.717) is 5.92 Å². The Kier molecular flexibility index (Phi) is 6.20. The zero-order valence-corrected chi connectivity index (χ0v) is 9.67. The molecule has 1 fully saturated rings. The standard InChI is InChI=1S/C12H26N2/c1-12(11-13)7-10-14-8-5-3-2-4-6-9-14/h12H,2-11,13H2,1H3. The molecule has 2 heteroatoms. The fourth-order valence-electron chi connectivity index (χ4n) is 2.06. The second-order valence-corrected chi connectivity index (χ2v) is 4.74. The van der Waals surface area contributed by atoms with Gasteiger partial charge in [0.15, 0.2) is 0 Å². The van der Waals surface area contributed by atoms with Crippen LogP contribution in [0, 0.1) is 5.92 Å². The van der Waals surface area contributed by atoms with Crippen LogP contribution in [0.2, 0.25) is 0 Å². The van der Waals surface area contributed by atoms with E-state index in [2.05, 4.69) is 11.8 Å². The zero-order chi connectivity index (χ0) is 10.2. The molecule has 1 unspecified atom stereocenters. The van der Waals surface area contributed by atoms with Crippen LogP contribution in [0.5, 0.6) is 0 Å². The number of likely N-dealkylation sites (tertiary alicyclic amines) is 1. The van der Waals surface area contributed by atoms with Gasteiger partial charge in [-0.15, -0.1) is 0 Å². The minimum atomic E-state index is 0.695. The molecule has 14 heavy (non-hydrogen) atoms. The summed E-state index contributed by atoms with van der Waals surface area (Å²) in [6.45, 7) is 6.99. The predicted octanol–water partition coefficient (Wildman–Crippen LogP) is 2.24. The van der Waals surface area contributed by atoms with Crippen LogP contribution in [-0.2, 0) is 0 Å². The van der Waals surface area contributed by atoms with Gasteiger partial charge in [-0.3, -0.25) is 0 Å². The lowest BCUT2D eigenvalue weighted by molar-refractivity contribution is 0.233. The van der Waals surface area contributed by atoms with Gasteiger partial charge in [0.2, 0.25) is 0 Å². The molecule has 0 saturated carbocycles. The molecule has 1 aliphatic rings. The van der Waals surface area contributed by atoms with Crippen LogP contribution in [0.1, 0.15) is 45.4 Å². The van der Waals surface area contributed by atoms with Crippen LogP contribution in [0.15, 0.2) is 0 Å². The highest BCUT2D eigenvalue weighted by molar-refractivity contribution is 4.64. The number of nitrogens with two attached hydrogens (primary N) is 1. The second-order valence-electron chi connectivity index (χ2n) is 4.74. The molecule has 0 bridgehead atoms. The van der Waals surface area contributed by atoms with E-state index < -0.39 is 0 Å². The minimum Gasteiger partial charge on any atom is -0.330 e. The van der Waals surface area contributed by atoms with Gasteiger partial charge >= 0.3 is 0 Å². The number of hydrogen-bond acceptors (Lipinski definition) is 2. The summed E-state index contributed by atoms with van der Waals surface area (Å²) in [4.78, 5) is 2.63. The molecule has 1 rings (SSSR count). The molecule has 0 aliphatic carbocycles. The van der Waals surface area contributed by atoms with E-state index in [0.717, 1.165) is 6.54 Å². The summed E-state index contributed by atoms with van der Waals surface area (Å²) in [5.41, 5.74) is 5.62. The van der Waals surface area contributed by atoms with E-state index in [9.17, 15) is 0 Å². The van der Waals surface area contributed by atoms with Crippen molar-refractivity contribution >= 4 is 0 Å². The predicted molar refractivity (Wildman–Crippen MR) is 62.4 cm³/mol. The molecule has 0 aromatic heterocycles. The highest BCUT2D eigenvalue weighted by atomic mass is 15.1. The first-order valence-corrected chi connectivity index (χ1v) is 6.25. The third-order valence-electron chi connectivity index (χ3n) is 3.29. The van der Waals surface area contributed by atoms with Crippen molar-refractivity contribution in [1.29, 1.82) is 0 Å². The average Bonchev–Trinajstić information content (AvgIpc) is 2.15. The van der Waals surface area contributed by atoms with Crippen molar-refractivity contribution in [3.05, 3.63) is 0 Å². The van der Waals surface area contributed by atoms with Crippen LogP contribution in [-0.4, -0.2) is 31.1 Å². The maximum atomic E-state index is 5.62. The normalized spacial score (nSPS) is 22.7. The molecule has 0 spiro atoms. The highest BCUT2D eigenvalue weighted by Crippen LogP contribution is 2.11. The first-order valence-electron chi connectivity index (χ1n) is 6.25. The van der Waals surface area contributed by atoms with E-state index in [1.54, 1.807) is 0 Å². The quantitative estimate of drug-likeness (QED) is 0.750. The van der Waals surface area contributed by atoms with Crippen molar-refractivity contribution in [3.63, 3.8) is 0 Å². The van der Waals surface area contributed by atoms with E-state index >= 15 is 0 Å². The second kappa shape index (κ2) is 7.24. The van der Waals surface area contributed by atoms with Crippen molar-refractivity contribution in [2.24, 2.45) is 11.7 Å². The van der Waals surface area contributed by atoms with Gasteiger partial charge in [0.25, 0.3) is 0 Å². The average molecular weight is 198 g/mol. The lowest BCUT2D eigenvalue weighted by Gasteiger charge is -2.25. The zero-order valence-electron chi connectivity index (χ0n) is 9.67. The summed E-state index contributed by atoms with van der Waals surface area (Å²) in [5.74, 6) is 0.695. The molecule has 1 heterocycles. The van der Waals surface area contributed by atoms with Crippen LogP contribution in [0.25, 0.3) is 0 Å². The van der Waals surface area contributed by atoms with Gasteiger partial charge in [0, 0.05) is 0 Å². The Morgan fingerprint density at radius 1 is 1.07 bits per heavy atom. The van der Waals surface area contributed by atoms with Gasteiger partial charge in [-0.05, 0) is 51.4 Å². The van der Waals surface area contributed by atoms with E-state index in [4.69, 9.17) is 5.73 Å². The largest absolute Gasteiger partial charge is 0.330 e. The summed E-state index contributed by atoms with van der Waals surface area (Å²) in [5, 5.41) is 0. The Bertz CT molecular complexity index is 128. The van der Waals surface area contributed by atoms with Gasteiger partial charge in [-0.25, -0.2) is 0 Å². The molecule has 0 radical (unpaired) electrons. The van der Waals surface area contributed by atoms with Crippen LogP contribution >= 0.6 is 0 Å². The monoisotopic (exact) mass is 198 g/mol. The summed E-state index contributed by atoms with van der Waals surface area (Å²) in [6.07, 6.45) is 8.39. The minimum absolute atomic E-state index is 0.695. The van der Waals surface area contributed by atoms with Gasteiger partial charge in [0.1, 0.15) is 0 Å². The first-order chi connectivity index (χ1) is 6.83. The molecule has 0 aromatic carbocycles. The molecule has 1 atom stereocenters. The van der Waals surface area contributed by atoms with Crippen LogP contribution < -0.4 is 5.73 Å². The third-order valence-corrected chi connectivity index (χ3v) is 3.29. The Morgan fingerprint density at radius 3 is 2.21 bits per heavy atom. The number of nitrogens with zero attached hydrogens (tertiary/aromatic N) is 1. The van der Waals surface area contributed by atoms with Gasteiger partial charge < -0.3 is 10.6 Å². The van der Waals surface area contributed by atoms with Gasteiger partial charge in [-0.1, -0.05) is 26.2 Å². The molecule has 1 saturated heterocycles. The molecular weight excluding hydrogens is 172 g/mol. The maximum Gasteiger partial charge on any atom is -0.00157 e. The van der Waals surface area contributed by atoms with Crippen LogP contribution in [0.3, 0.4) is 0 Å². The third kappa shape index (κ3) is 4.97. The number of rotatable bonds is 4. The molecular formula is C12H26N2. The number of hydrogen-bond donors (Lipinski definition) is 1. The highest BCUT2D eigenvalue weighted by Gasteiger charge is 2.08. The summed E-state index contributed by atoms with van der Waals surface area (Å²) in [7, 11) is 0. The SMILES string of the molecule is CC(CN)CCN1CCCCCCC1. The molecule has 1 aliphatic heterocycles. The smallest absolute Gasteiger partial charge is 0.00157 e. The summed E-state index contributed by atoms with van der Waals surface area (Å²) in [6, 6.07) is 0. The van der Waals surface area contributed by atoms with Crippen molar-refractivity contribution in [2.45, 2.75) is 45.4 Å². The molecule has 84 valence electrons. The first kappa shape index (κ1) is 12.0. The Balaban J connectivity index is 2.13. The maximum absolute atomic E-state index is 5.62. The van der Waals surface area contributed by atoms with Crippen molar-refractivity contribution in [2.75, 3.05) is 26.2 Å². The Hall–Kier alpha value is -0.0800. The van der Waals surface area contributed by atoms with Crippen molar-refractivity contribution < 1.29 is 0 Å². The Labute approximate surface area is 88.8 Å². The van der Waals surface area contributed by atoms with Crippen LogP contribution in [0.4, 0.5) is 0 Å². The Morgan fingerprint density at radius 2 is 1.64 bits per heavy atom. The molecule has 0 aromatic rings. The molecule has 2 nitrogen and oxygen atoms in total. The lowest BCUT2D eigenvalue weighted by Crippen LogP contribution is -2.30. The topological polar surface area (TPSA) is 29.3 Å². The molecule has 2 N–H and O–H groups in total. The van der Waals surface area contributed by atoms with Gasteiger partial charge in [-0.2, -0.15) is 0 Å². The van der Waals surface area contributed by atoms with Crippen molar-refractivity contribution in [3.8, 4) is 0 Å². The molecule has 0 amide bonds. The lowest BCUT2D eigenvalue weighted by atomic mass is 10.1. The van der Waals surface area contributed by atoms with E-state index in [-0.39, 0.29) is 0 Å². The fourth-order valence-corrected chi connectivity index (χ4v) is 2.06. The van der Waals surface area contributed by atoms with Gasteiger partial charge in [0.05, 0.1) is 0 Å². The van der Waals surface area contributed by atoms with E-state index in [1.807, 2.05) is 0 Å². The summed E-state index contributed by atoms with van der Waals surface area (Å²) >= 11 is 0. The van der Waals surface area contributed by atoms with E-state index in [1.165, 1.54) is 58.2 Å². The summed E-state index contributed by atoms with van der Waals surface area (Å²) < 4.78 is 0.